The highest BCUT2D eigenvalue weighted by Crippen LogP contribution is 2.45. The summed E-state index contributed by atoms with van der Waals surface area (Å²) in [4.78, 5) is 36.0. The topological polar surface area (TPSA) is 78.9 Å². The predicted octanol–water partition coefficient (Wildman–Crippen LogP) is 6.98. The van der Waals surface area contributed by atoms with Crippen LogP contribution in [0.2, 0.25) is 0 Å². The summed E-state index contributed by atoms with van der Waals surface area (Å²) >= 11 is 0. The number of hydrogen-bond donors (Lipinski definition) is 0. The van der Waals surface area contributed by atoms with Crippen molar-refractivity contribution < 1.29 is 28.6 Å². The van der Waals surface area contributed by atoms with Crippen LogP contribution in [-0.4, -0.2) is 17.9 Å². The molecule has 0 aliphatic heterocycles. The van der Waals surface area contributed by atoms with Gasteiger partial charge < -0.3 is 14.2 Å². The molecule has 200 valence electrons. The van der Waals surface area contributed by atoms with Crippen molar-refractivity contribution in [1.29, 1.82) is 0 Å². The number of benzene rings is 3. The monoisotopic (exact) mass is 524 g/mol. The van der Waals surface area contributed by atoms with Gasteiger partial charge in [-0.3, -0.25) is 14.4 Å². The molecule has 6 heteroatoms. The van der Waals surface area contributed by atoms with Crippen molar-refractivity contribution in [2.45, 2.75) is 40.0 Å². The molecule has 0 heterocycles. The third-order valence-electron chi connectivity index (χ3n) is 5.73. The van der Waals surface area contributed by atoms with Gasteiger partial charge in [-0.1, -0.05) is 30.4 Å². The minimum Gasteiger partial charge on any atom is -0.426 e. The molecule has 0 aromatic heterocycles. The van der Waals surface area contributed by atoms with Gasteiger partial charge in [0.1, 0.15) is 17.2 Å². The molecule has 0 amide bonds. The summed E-state index contributed by atoms with van der Waals surface area (Å²) < 4.78 is 16.8. The second-order valence-corrected chi connectivity index (χ2v) is 8.93. The molecule has 0 N–H and O–H groups in total. The maximum Gasteiger partial charge on any atom is 0.308 e. The van der Waals surface area contributed by atoms with E-state index >= 15 is 0 Å². The lowest BCUT2D eigenvalue weighted by molar-refractivity contribution is -0.132. The first-order chi connectivity index (χ1) is 18.7. The first-order valence-corrected chi connectivity index (χ1v) is 12.5. The maximum absolute atomic E-state index is 12.4. The third kappa shape index (κ3) is 7.42. The van der Waals surface area contributed by atoms with E-state index in [0.29, 0.717) is 53.2 Å². The smallest absolute Gasteiger partial charge is 0.308 e. The van der Waals surface area contributed by atoms with Crippen molar-refractivity contribution in [3.05, 3.63) is 103 Å². The van der Waals surface area contributed by atoms with Crippen molar-refractivity contribution in [3.63, 3.8) is 0 Å². The lowest BCUT2D eigenvalue weighted by atomic mass is 9.91. The quantitative estimate of drug-likeness (QED) is 0.153. The molecule has 3 rings (SSSR count). The molecular formula is C33H32O6. The summed E-state index contributed by atoms with van der Waals surface area (Å²) in [6, 6.07) is 14.7. The fourth-order valence-electron chi connectivity index (χ4n) is 4.28. The molecular weight excluding hydrogens is 492 g/mol. The van der Waals surface area contributed by atoms with Gasteiger partial charge in [-0.25, -0.2) is 0 Å². The van der Waals surface area contributed by atoms with Crippen LogP contribution in [0.3, 0.4) is 0 Å². The number of esters is 3. The van der Waals surface area contributed by atoms with Crippen molar-refractivity contribution in [1.82, 2.24) is 0 Å². The highest BCUT2D eigenvalue weighted by molar-refractivity contribution is 5.90. The number of carbonyl (C=O) groups is 3. The van der Waals surface area contributed by atoms with Gasteiger partial charge in [-0.15, -0.1) is 19.7 Å². The highest BCUT2D eigenvalue weighted by atomic mass is 16.5. The van der Waals surface area contributed by atoms with Crippen molar-refractivity contribution in [3.8, 4) is 39.5 Å². The Labute approximate surface area is 229 Å². The van der Waals surface area contributed by atoms with Crippen LogP contribution in [0.1, 0.15) is 37.5 Å². The Morgan fingerprint density at radius 2 is 1.15 bits per heavy atom. The average molecular weight is 525 g/mol. The Bertz CT molecular complexity index is 1450. The van der Waals surface area contributed by atoms with E-state index in [1.54, 1.807) is 36.4 Å². The van der Waals surface area contributed by atoms with Gasteiger partial charge in [-0.2, -0.15) is 0 Å². The zero-order valence-corrected chi connectivity index (χ0v) is 22.5. The Balaban J connectivity index is 2.40. The molecule has 39 heavy (non-hydrogen) atoms. The van der Waals surface area contributed by atoms with E-state index in [0.717, 1.165) is 22.3 Å². The first-order valence-electron chi connectivity index (χ1n) is 12.5. The van der Waals surface area contributed by atoms with Crippen LogP contribution in [0.25, 0.3) is 22.3 Å². The predicted molar refractivity (Wildman–Crippen MR) is 153 cm³/mol. The Morgan fingerprint density at radius 1 is 0.615 bits per heavy atom. The Kier molecular flexibility index (Phi) is 9.76. The molecule has 0 saturated heterocycles. The summed E-state index contributed by atoms with van der Waals surface area (Å²) in [5, 5.41) is 0. The minimum absolute atomic E-state index is 0.309. The third-order valence-corrected chi connectivity index (χ3v) is 5.73. The normalized spacial score (nSPS) is 10.3. The number of allylic oxidation sites excluding steroid dienone is 3. The molecule has 0 radical (unpaired) electrons. The molecule has 0 bridgehead atoms. The van der Waals surface area contributed by atoms with Crippen LogP contribution in [0, 0.1) is 0 Å². The second-order valence-electron chi connectivity index (χ2n) is 8.93. The standard InChI is InChI=1S/C33H32O6/c1-7-10-24-13-15-32(38-22(5)35)29(17-24)30-19-25(11-8-2)18-28(33(30)39-23(6)36)26-14-16-31(37-21(4)34)27(20-26)12-9-3/h7-9,13-20H,1-3,10-12H2,4-6H3. The van der Waals surface area contributed by atoms with Crippen LogP contribution in [0.15, 0.2) is 86.5 Å². The van der Waals surface area contributed by atoms with Gasteiger partial charge in [0.2, 0.25) is 0 Å². The van der Waals surface area contributed by atoms with Crippen molar-refractivity contribution in [2.75, 3.05) is 0 Å². The van der Waals surface area contributed by atoms with Crippen molar-refractivity contribution in [2.24, 2.45) is 0 Å². The summed E-state index contributed by atoms with van der Waals surface area (Å²) in [6.45, 7) is 15.5. The summed E-state index contributed by atoms with van der Waals surface area (Å²) in [6.07, 6.45) is 6.87. The molecule has 0 spiro atoms. The van der Waals surface area contributed by atoms with E-state index in [2.05, 4.69) is 19.7 Å². The van der Waals surface area contributed by atoms with E-state index in [-0.39, 0.29) is 0 Å². The van der Waals surface area contributed by atoms with Crippen LogP contribution < -0.4 is 14.2 Å². The molecule has 0 aliphatic carbocycles. The van der Waals surface area contributed by atoms with Crippen LogP contribution in [-0.2, 0) is 33.6 Å². The summed E-state index contributed by atoms with van der Waals surface area (Å²) in [5.74, 6) is -0.335. The highest BCUT2D eigenvalue weighted by Gasteiger charge is 2.22. The SMILES string of the molecule is C=CCc1ccc(OC(C)=O)c(-c2cc(CC=C)cc(-c3ccc(OC(C)=O)c(CC=C)c3)c2OC(C)=O)c1. The molecule has 0 fully saturated rings. The molecule has 3 aromatic carbocycles. The van der Waals surface area contributed by atoms with E-state index in [1.807, 2.05) is 30.3 Å². The number of hydrogen-bond acceptors (Lipinski definition) is 6. The van der Waals surface area contributed by atoms with Gasteiger partial charge in [-0.05, 0) is 77.9 Å². The van der Waals surface area contributed by atoms with Gasteiger partial charge in [0.25, 0.3) is 0 Å². The number of carbonyl (C=O) groups excluding carboxylic acids is 3. The summed E-state index contributed by atoms with van der Waals surface area (Å²) in [7, 11) is 0. The van der Waals surface area contributed by atoms with Crippen molar-refractivity contribution >= 4 is 17.9 Å². The van der Waals surface area contributed by atoms with Crippen LogP contribution in [0.5, 0.6) is 17.2 Å². The molecule has 3 aromatic rings. The van der Waals surface area contributed by atoms with Gasteiger partial charge in [0.15, 0.2) is 0 Å². The average Bonchev–Trinajstić information content (AvgIpc) is 2.86. The fraction of sp³-hybridized carbons (Fsp3) is 0.182. The lowest BCUT2D eigenvalue weighted by Gasteiger charge is -2.20. The number of rotatable bonds is 11. The fourth-order valence-corrected chi connectivity index (χ4v) is 4.28. The van der Waals surface area contributed by atoms with E-state index in [9.17, 15) is 14.4 Å². The van der Waals surface area contributed by atoms with Gasteiger partial charge >= 0.3 is 17.9 Å². The van der Waals surface area contributed by atoms with E-state index in [4.69, 9.17) is 14.2 Å². The largest absolute Gasteiger partial charge is 0.426 e. The molecule has 0 saturated carbocycles. The van der Waals surface area contributed by atoms with Crippen LogP contribution >= 0.6 is 0 Å². The van der Waals surface area contributed by atoms with E-state index in [1.165, 1.54) is 20.8 Å². The molecule has 0 atom stereocenters. The van der Waals surface area contributed by atoms with Gasteiger partial charge in [0, 0.05) is 37.5 Å². The zero-order chi connectivity index (χ0) is 28.5. The zero-order valence-electron chi connectivity index (χ0n) is 22.5. The Morgan fingerprint density at radius 3 is 1.77 bits per heavy atom. The summed E-state index contributed by atoms with van der Waals surface area (Å²) in [5.41, 5.74) is 5.15. The first kappa shape index (κ1) is 28.9. The molecule has 0 aliphatic rings. The lowest BCUT2D eigenvalue weighted by Crippen LogP contribution is -2.08. The molecule has 0 unspecified atom stereocenters. The second kappa shape index (κ2) is 13.2. The molecule has 6 nitrogen and oxygen atoms in total. The maximum atomic E-state index is 12.4. The van der Waals surface area contributed by atoms with Gasteiger partial charge in [0.05, 0.1) is 0 Å². The van der Waals surface area contributed by atoms with Crippen LogP contribution in [0.4, 0.5) is 0 Å². The minimum atomic E-state index is -0.506. The van der Waals surface area contributed by atoms with E-state index < -0.39 is 17.9 Å². The Hall–Kier alpha value is -4.71. The number of ether oxygens (including phenoxy) is 3.